The quantitative estimate of drug-likeness (QED) is 0.624. The lowest BCUT2D eigenvalue weighted by atomic mass is 10.1. The molecule has 8 heteroatoms. The molecule has 1 fully saturated rings. The highest BCUT2D eigenvalue weighted by Gasteiger charge is 2.27. The van der Waals surface area contributed by atoms with Gasteiger partial charge in [-0.2, -0.15) is 0 Å². The number of halogens is 2. The number of ether oxygens (including phenoxy) is 2. The molecule has 2 amide bonds. The van der Waals surface area contributed by atoms with Crippen molar-refractivity contribution in [2.75, 3.05) is 39.9 Å². The van der Waals surface area contributed by atoms with E-state index in [9.17, 15) is 9.59 Å². The molecule has 6 nitrogen and oxygen atoms in total. The van der Waals surface area contributed by atoms with Gasteiger partial charge in [-0.3, -0.25) is 9.59 Å². The van der Waals surface area contributed by atoms with Gasteiger partial charge in [0.1, 0.15) is 0 Å². The highest BCUT2D eigenvalue weighted by atomic mass is 35.5. The molecule has 1 aliphatic heterocycles. The van der Waals surface area contributed by atoms with Crippen molar-refractivity contribution in [1.29, 1.82) is 0 Å². The van der Waals surface area contributed by atoms with Gasteiger partial charge in [0.05, 0.1) is 18.7 Å². The number of piperazine rings is 1. The Kier molecular flexibility index (Phi) is 7.68. The van der Waals surface area contributed by atoms with Crippen molar-refractivity contribution in [1.82, 2.24) is 9.80 Å². The lowest BCUT2D eigenvalue weighted by molar-refractivity contribution is 0.0535. The number of methoxy groups -OCH3 is 1. The van der Waals surface area contributed by atoms with Crippen LogP contribution >= 0.6 is 23.2 Å². The maximum atomic E-state index is 13.0. The molecule has 0 unspecified atom stereocenters. The second-order valence-corrected chi connectivity index (χ2v) is 8.63. The maximum absolute atomic E-state index is 13.0. The van der Waals surface area contributed by atoms with E-state index in [0.717, 1.165) is 0 Å². The Morgan fingerprint density at radius 2 is 1.48 bits per heavy atom. The van der Waals surface area contributed by atoms with Gasteiger partial charge in [0.15, 0.2) is 11.5 Å². The Morgan fingerprint density at radius 1 is 0.935 bits per heavy atom. The Balaban J connectivity index is 1.67. The number of hydrogen-bond acceptors (Lipinski definition) is 4. The summed E-state index contributed by atoms with van der Waals surface area (Å²) in [6.07, 6.45) is 0. The Hall–Kier alpha value is -2.44. The third-order valence-corrected chi connectivity index (χ3v) is 5.52. The zero-order chi connectivity index (χ0) is 22.5. The highest BCUT2D eigenvalue weighted by molar-refractivity contribution is 6.32. The van der Waals surface area contributed by atoms with Gasteiger partial charge in [-0.1, -0.05) is 37.0 Å². The first-order chi connectivity index (χ1) is 14.8. The summed E-state index contributed by atoms with van der Waals surface area (Å²) >= 11 is 12.3. The van der Waals surface area contributed by atoms with Crippen molar-refractivity contribution >= 4 is 35.0 Å². The monoisotopic (exact) mass is 464 g/mol. The molecule has 0 spiro atoms. The molecule has 0 aliphatic carbocycles. The molecule has 0 saturated carbocycles. The van der Waals surface area contributed by atoms with Crippen LogP contribution in [0, 0.1) is 5.92 Å². The van der Waals surface area contributed by atoms with E-state index in [1.54, 1.807) is 46.2 Å². The van der Waals surface area contributed by atoms with Crippen LogP contribution in [-0.4, -0.2) is 61.5 Å². The van der Waals surface area contributed by atoms with Gasteiger partial charge in [-0.05, 0) is 42.3 Å². The summed E-state index contributed by atoms with van der Waals surface area (Å²) in [4.78, 5) is 29.2. The van der Waals surface area contributed by atoms with E-state index in [4.69, 9.17) is 32.7 Å². The number of rotatable bonds is 6. The molecule has 1 aliphatic rings. The number of benzene rings is 2. The largest absolute Gasteiger partial charge is 0.493 e. The van der Waals surface area contributed by atoms with Crippen LogP contribution in [-0.2, 0) is 0 Å². The highest BCUT2D eigenvalue weighted by Crippen LogP contribution is 2.37. The van der Waals surface area contributed by atoms with Crippen molar-refractivity contribution in [2.45, 2.75) is 13.8 Å². The van der Waals surface area contributed by atoms with Gasteiger partial charge in [-0.25, -0.2) is 0 Å². The topological polar surface area (TPSA) is 59.1 Å². The van der Waals surface area contributed by atoms with Gasteiger partial charge in [0.2, 0.25) is 0 Å². The van der Waals surface area contributed by atoms with Crippen molar-refractivity contribution in [3.63, 3.8) is 0 Å². The van der Waals surface area contributed by atoms with E-state index in [2.05, 4.69) is 0 Å². The maximum Gasteiger partial charge on any atom is 0.254 e. The Bertz CT molecular complexity index is 939. The minimum Gasteiger partial charge on any atom is -0.493 e. The zero-order valence-electron chi connectivity index (χ0n) is 17.9. The molecule has 0 bridgehead atoms. The van der Waals surface area contributed by atoms with E-state index in [1.165, 1.54) is 7.11 Å². The molecule has 1 heterocycles. The number of carbonyl (C=O) groups excluding carboxylic acids is 2. The number of nitrogens with zero attached hydrogens (tertiary/aromatic N) is 2. The fraction of sp³-hybridized carbons (Fsp3) is 0.391. The number of hydrogen-bond donors (Lipinski definition) is 0. The van der Waals surface area contributed by atoms with Gasteiger partial charge in [0.25, 0.3) is 11.8 Å². The Morgan fingerprint density at radius 3 is 2.00 bits per heavy atom. The SMILES string of the molecule is COc1cc(C(=O)N2CCN(C(=O)c3ccc(Cl)cc3)CC2)cc(Cl)c1OCC(C)C. The lowest BCUT2D eigenvalue weighted by Gasteiger charge is -2.35. The first kappa shape index (κ1) is 23.2. The molecule has 0 radical (unpaired) electrons. The summed E-state index contributed by atoms with van der Waals surface area (Å²) in [6.45, 7) is 6.34. The second-order valence-electron chi connectivity index (χ2n) is 7.79. The van der Waals surface area contributed by atoms with Gasteiger partial charge in [0, 0.05) is 42.3 Å². The molecule has 0 atom stereocenters. The second kappa shape index (κ2) is 10.2. The molecule has 166 valence electrons. The average Bonchev–Trinajstić information content (AvgIpc) is 2.77. The van der Waals surface area contributed by atoms with Crippen LogP contribution in [0.2, 0.25) is 10.0 Å². The van der Waals surface area contributed by atoms with Crippen LogP contribution < -0.4 is 9.47 Å². The summed E-state index contributed by atoms with van der Waals surface area (Å²) in [5, 5.41) is 0.918. The minimum atomic E-state index is -0.158. The van der Waals surface area contributed by atoms with E-state index in [0.29, 0.717) is 71.4 Å². The van der Waals surface area contributed by atoms with Gasteiger partial charge in [-0.15, -0.1) is 0 Å². The number of amides is 2. The predicted octanol–water partition coefficient (Wildman–Crippen LogP) is 4.64. The average molecular weight is 465 g/mol. The Labute approximate surface area is 192 Å². The molecule has 1 saturated heterocycles. The molecule has 2 aromatic carbocycles. The molecule has 2 aromatic rings. The predicted molar refractivity (Wildman–Crippen MR) is 122 cm³/mol. The van der Waals surface area contributed by atoms with E-state index in [1.807, 2.05) is 13.8 Å². The third kappa shape index (κ3) is 5.63. The van der Waals surface area contributed by atoms with Crippen molar-refractivity contribution < 1.29 is 19.1 Å². The van der Waals surface area contributed by atoms with E-state index < -0.39 is 0 Å². The third-order valence-electron chi connectivity index (χ3n) is 4.98. The molecule has 0 N–H and O–H groups in total. The summed E-state index contributed by atoms with van der Waals surface area (Å²) in [5.74, 6) is 0.962. The van der Waals surface area contributed by atoms with E-state index in [-0.39, 0.29) is 11.8 Å². The first-order valence-corrected chi connectivity index (χ1v) is 10.9. The van der Waals surface area contributed by atoms with Crippen LogP contribution in [0.25, 0.3) is 0 Å². The zero-order valence-corrected chi connectivity index (χ0v) is 19.4. The molecular formula is C23H26Cl2N2O4. The number of carbonyl (C=O) groups is 2. The fourth-order valence-electron chi connectivity index (χ4n) is 3.30. The van der Waals surface area contributed by atoms with Crippen molar-refractivity contribution in [3.8, 4) is 11.5 Å². The smallest absolute Gasteiger partial charge is 0.254 e. The van der Waals surface area contributed by atoms with Crippen LogP contribution in [0.3, 0.4) is 0 Å². The minimum absolute atomic E-state index is 0.0693. The molecule has 31 heavy (non-hydrogen) atoms. The van der Waals surface area contributed by atoms with Crippen molar-refractivity contribution in [2.24, 2.45) is 5.92 Å². The van der Waals surface area contributed by atoms with Crippen LogP contribution in [0.4, 0.5) is 0 Å². The first-order valence-electron chi connectivity index (χ1n) is 10.1. The lowest BCUT2D eigenvalue weighted by Crippen LogP contribution is -2.50. The van der Waals surface area contributed by atoms with Gasteiger partial charge < -0.3 is 19.3 Å². The van der Waals surface area contributed by atoms with Crippen molar-refractivity contribution in [3.05, 3.63) is 57.6 Å². The standard InChI is InChI=1S/C23H26Cl2N2O4/c1-15(2)14-31-21-19(25)12-17(13-20(21)30-3)23(29)27-10-8-26(9-11-27)22(28)16-4-6-18(24)7-5-16/h4-7,12-13,15H,8-11,14H2,1-3H3. The summed E-state index contributed by atoms with van der Waals surface area (Å²) < 4.78 is 11.2. The van der Waals surface area contributed by atoms with Crippen LogP contribution in [0.15, 0.2) is 36.4 Å². The van der Waals surface area contributed by atoms with Crippen LogP contribution in [0.1, 0.15) is 34.6 Å². The normalized spacial score (nSPS) is 14.0. The van der Waals surface area contributed by atoms with Crippen LogP contribution in [0.5, 0.6) is 11.5 Å². The van der Waals surface area contributed by atoms with E-state index >= 15 is 0 Å². The fourth-order valence-corrected chi connectivity index (χ4v) is 3.69. The molecule has 0 aromatic heterocycles. The van der Waals surface area contributed by atoms with Gasteiger partial charge >= 0.3 is 0 Å². The molecular weight excluding hydrogens is 439 g/mol. The summed E-state index contributed by atoms with van der Waals surface area (Å²) in [6, 6.07) is 10.1. The summed E-state index contributed by atoms with van der Waals surface area (Å²) in [5.41, 5.74) is 1.01. The summed E-state index contributed by atoms with van der Waals surface area (Å²) in [7, 11) is 1.52. The molecule has 3 rings (SSSR count).